The van der Waals surface area contributed by atoms with Gasteiger partial charge in [-0.2, -0.15) is 0 Å². The van der Waals surface area contributed by atoms with Gasteiger partial charge in [0.25, 0.3) is 0 Å². The maximum absolute atomic E-state index is 15.2. The van der Waals surface area contributed by atoms with Crippen molar-refractivity contribution in [3.8, 4) is 32.6 Å². The van der Waals surface area contributed by atoms with Crippen molar-refractivity contribution in [2.24, 2.45) is 0 Å². The van der Waals surface area contributed by atoms with Crippen LogP contribution in [0.15, 0.2) is 34.8 Å². The molecule has 0 spiro atoms. The summed E-state index contributed by atoms with van der Waals surface area (Å²) in [4.78, 5) is 14.3. The minimum absolute atomic E-state index is 0.0103. The molecular formula is C28H32BrClFN3O5S. The zero-order valence-corrected chi connectivity index (χ0v) is 26.5. The van der Waals surface area contributed by atoms with Gasteiger partial charge in [-0.15, -0.1) is 10.2 Å². The highest BCUT2D eigenvalue weighted by molar-refractivity contribution is 9.10. The van der Waals surface area contributed by atoms with Crippen LogP contribution in [-0.4, -0.2) is 57.9 Å². The average Bonchev–Trinajstić information content (AvgIpc) is 3.43. The lowest BCUT2D eigenvalue weighted by molar-refractivity contribution is -0.0637. The molecule has 0 N–H and O–H groups in total. The Morgan fingerprint density at radius 1 is 1.23 bits per heavy atom. The number of nitrogens with zero attached hydrogens (tertiary/aromatic N) is 3. The van der Waals surface area contributed by atoms with Crippen LogP contribution >= 0.6 is 38.9 Å². The third-order valence-electron chi connectivity index (χ3n) is 5.81. The maximum atomic E-state index is 15.2. The predicted octanol–water partition coefficient (Wildman–Crippen LogP) is 7.97. The van der Waals surface area contributed by atoms with Crippen LogP contribution in [-0.2, 0) is 9.47 Å². The lowest BCUT2D eigenvalue weighted by Crippen LogP contribution is -2.51. The van der Waals surface area contributed by atoms with Gasteiger partial charge in [-0.1, -0.05) is 22.9 Å². The highest BCUT2D eigenvalue weighted by atomic mass is 79.9. The van der Waals surface area contributed by atoms with E-state index in [9.17, 15) is 4.79 Å². The summed E-state index contributed by atoms with van der Waals surface area (Å²) < 4.78 is 38.8. The minimum Gasteiger partial charge on any atom is -0.490 e. The van der Waals surface area contributed by atoms with Crippen molar-refractivity contribution in [3.63, 3.8) is 0 Å². The fourth-order valence-electron chi connectivity index (χ4n) is 4.11. The number of aromatic nitrogens is 2. The summed E-state index contributed by atoms with van der Waals surface area (Å²) in [5, 5.41) is 9.87. The van der Waals surface area contributed by atoms with Crippen LogP contribution in [0.4, 0.5) is 9.18 Å². The largest absolute Gasteiger partial charge is 0.490 e. The van der Waals surface area contributed by atoms with Crippen LogP contribution in [0.2, 0.25) is 5.02 Å². The Bertz CT molecular complexity index is 1390. The standard InChI is InChI=1S/C28H32BrClFN3O5S/c1-15(2)38-22-9-8-16(10-19(22)29)24-32-33-25(40-24)18-11-21(31)23(12-20(18)30)36-13-17-14-37-28(6,7)34(17)26(35)39-27(3,4)5/h8-12,15,17H,13-14H2,1-7H3. The van der Waals surface area contributed by atoms with Crippen molar-refractivity contribution in [3.05, 3.63) is 45.6 Å². The first-order chi connectivity index (χ1) is 18.6. The first kappa shape index (κ1) is 30.5. The molecule has 12 heteroatoms. The minimum atomic E-state index is -0.899. The van der Waals surface area contributed by atoms with Crippen molar-refractivity contribution in [1.82, 2.24) is 15.1 Å². The van der Waals surface area contributed by atoms with Gasteiger partial charge in [-0.05, 0) is 88.7 Å². The second-order valence-corrected chi connectivity index (χ2v) is 13.3. The highest BCUT2D eigenvalue weighted by Crippen LogP contribution is 2.39. The van der Waals surface area contributed by atoms with E-state index in [1.54, 1.807) is 34.6 Å². The number of carbonyl (C=O) groups excluding carboxylic acids is 1. The molecule has 8 nitrogen and oxygen atoms in total. The van der Waals surface area contributed by atoms with E-state index in [1.165, 1.54) is 28.4 Å². The molecule has 1 amide bonds. The molecule has 1 aliphatic heterocycles. The molecular weight excluding hydrogens is 625 g/mol. The molecule has 0 aliphatic carbocycles. The van der Waals surface area contributed by atoms with Crippen LogP contribution in [0, 0.1) is 5.82 Å². The van der Waals surface area contributed by atoms with Gasteiger partial charge in [0.05, 0.1) is 28.2 Å². The number of rotatable bonds is 7. The summed E-state index contributed by atoms with van der Waals surface area (Å²) in [6.45, 7) is 13.0. The molecule has 1 unspecified atom stereocenters. The fourth-order valence-corrected chi connectivity index (χ4v) is 5.75. The Labute approximate surface area is 250 Å². The average molecular weight is 657 g/mol. The molecule has 0 saturated carbocycles. The number of hydrogen-bond acceptors (Lipinski definition) is 8. The van der Waals surface area contributed by atoms with Gasteiger partial charge in [-0.25, -0.2) is 9.18 Å². The van der Waals surface area contributed by atoms with Crippen molar-refractivity contribution in [2.75, 3.05) is 13.2 Å². The third kappa shape index (κ3) is 7.05. The molecule has 3 aromatic rings. The Balaban J connectivity index is 1.49. The first-order valence-corrected chi connectivity index (χ1v) is 14.7. The lowest BCUT2D eigenvalue weighted by atomic mass is 10.2. The van der Waals surface area contributed by atoms with Crippen molar-refractivity contribution >= 4 is 45.0 Å². The van der Waals surface area contributed by atoms with Gasteiger partial charge in [0.1, 0.15) is 33.7 Å². The maximum Gasteiger partial charge on any atom is 0.413 e. The summed E-state index contributed by atoms with van der Waals surface area (Å²) in [5.74, 6) is 0.0687. The summed E-state index contributed by atoms with van der Waals surface area (Å²) in [6.07, 6.45) is -0.486. The van der Waals surface area contributed by atoms with E-state index in [0.717, 1.165) is 15.8 Å². The number of halogens is 3. The predicted molar refractivity (Wildman–Crippen MR) is 157 cm³/mol. The normalized spacial score (nSPS) is 16.9. The molecule has 40 heavy (non-hydrogen) atoms. The Hall–Kier alpha value is -2.47. The van der Waals surface area contributed by atoms with Gasteiger partial charge in [0, 0.05) is 17.2 Å². The van der Waals surface area contributed by atoms with E-state index in [2.05, 4.69) is 26.1 Å². The Kier molecular flexibility index (Phi) is 8.99. The van der Waals surface area contributed by atoms with E-state index in [-0.39, 0.29) is 30.1 Å². The van der Waals surface area contributed by atoms with Crippen LogP contribution in [0.1, 0.15) is 48.5 Å². The Morgan fingerprint density at radius 2 is 1.93 bits per heavy atom. The van der Waals surface area contributed by atoms with E-state index in [4.69, 9.17) is 30.5 Å². The summed E-state index contributed by atoms with van der Waals surface area (Å²) in [5.41, 5.74) is -0.346. The van der Waals surface area contributed by atoms with Crippen LogP contribution < -0.4 is 9.47 Å². The van der Waals surface area contributed by atoms with Gasteiger partial charge >= 0.3 is 6.09 Å². The smallest absolute Gasteiger partial charge is 0.413 e. The van der Waals surface area contributed by atoms with Crippen molar-refractivity contribution in [1.29, 1.82) is 0 Å². The highest BCUT2D eigenvalue weighted by Gasteiger charge is 2.46. The molecule has 1 atom stereocenters. The molecule has 1 aliphatic rings. The Morgan fingerprint density at radius 3 is 2.58 bits per heavy atom. The second-order valence-electron chi connectivity index (χ2n) is 11.1. The zero-order chi connectivity index (χ0) is 29.4. The molecule has 1 saturated heterocycles. The summed E-state index contributed by atoms with van der Waals surface area (Å²) in [6, 6.07) is 7.85. The van der Waals surface area contributed by atoms with Crippen LogP contribution in [0.5, 0.6) is 11.5 Å². The SMILES string of the molecule is CC(C)Oc1ccc(-c2nnc(-c3cc(F)c(OCC4COC(C)(C)N4C(=O)OC(C)(C)C)cc3Cl)s2)cc1Br. The molecule has 1 aromatic heterocycles. The molecule has 0 radical (unpaired) electrons. The number of benzene rings is 2. The number of carbonyl (C=O) groups is 1. The molecule has 0 bridgehead atoms. The lowest BCUT2D eigenvalue weighted by Gasteiger charge is -2.35. The van der Waals surface area contributed by atoms with Crippen LogP contribution in [0.3, 0.4) is 0 Å². The quantitative estimate of drug-likeness (QED) is 0.255. The van der Waals surface area contributed by atoms with Gasteiger partial charge in [-0.3, -0.25) is 4.90 Å². The van der Waals surface area contributed by atoms with E-state index in [1.807, 2.05) is 32.0 Å². The monoisotopic (exact) mass is 655 g/mol. The first-order valence-electron chi connectivity index (χ1n) is 12.7. The second kappa shape index (κ2) is 11.8. The molecule has 1 fully saturated rings. The summed E-state index contributed by atoms with van der Waals surface area (Å²) >= 11 is 11.4. The number of hydrogen-bond donors (Lipinski definition) is 0. The molecule has 4 rings (SSSR count). The zero-order valence-electron chi connectivity index (χ0n) is 23.4. The van der Waals surface area contributed by atoms with E-state index < -0.39 is 29.3 Å². The molecule has 2 aromatic carbocycles. The third-order valence-corrected chi connectivity index (χ3v) is 7.75. The van der Waals surface area contributed by atoms with Crippen LogP contribution in [0.25, 0.3) is 21.1 Å². The summed E-state index contributed by atoms with van der Waals surface area (Å²) in [7, 11) is 0. The van der Waals surface area contributed by atoms with E-state index >= 15 is 4.39 Å². The van der Waals surface area contributed by atoms with Gasteiger partial charge in [0.2, 0.25) is 0 Å². The number of ether oxygens (including phenoxy) is 4. The molecule has 216 valence electrons. The van der Waals surface area contributed by atoms with Crippen molar-refractivity contribution in [2.45, 2.75) is 71.9 Å². The topological polar surface area (TPSA) is 83.0 Å². The molecule has 2 heterocycles. The van der Waals surface area contributed by atoms with Gasteiger partial charge in [0.15, 0.2) is 11.6 Å². The number of amides is 1. The van der Waals surface area contributed by atoms with Gasteiger partial charge < -0.3 is 18.9 Å². The van der Waals surface area contributed by atoms with Crippen molar-refractivity contribution < 1.29 is 28.1 Å². The fraction of sp³-hybridized carbons (Fsp3) is 0.464. The van der Waals surface area contributed by atoms with E-state index in [0.29, 0.717) is 15.6 Å².